The topological polar surface area (TPSA) is 54.5 Å². The van der Waals surface area contributed by atoms with Crippen molar-refractivity contribution in [3.05, 3.63) is 64.7 Å². The lowest BCUT2D eigenvalue weighted by atomic mass is 10.1. The molecule has 1 aromatic heterocycles. The van der Waals surface area contributed by atoms with Crippen LogP contribution in [-0.2, 0) is 22.4 Å². The second-order valence-electron chi connectivity index (χ2n) is 7.52. The molecule has 1 aliphatic rings. The van der Waals surface area contributed by atoms with E-state index in [4.69, 9.17) is 4.74 Å². The maximum absolute atomic E-state index is 12.6. The molecular weight excluding hydrogens is 394 g/mol. The Kier molecular flexibility index (Phi) is 6.45. The maximum Gasteiger partial charge on any atom is 0.230 e. The van der Waals surface area contributed by atoms with Gasteiger partial charge in [0.2, 0.25) is 5.91 Å². The first-order valence-corrected chi connectivity index (χ1v) is 11.3. The predicted molar refractivity (Wildman–Crippen MR) is 123 cm³/mol. The van der Waals surface area contributed by atoms with Gasteiger partial charge in [-0.1, -0.05) is 31.2 Å². The molecule has 0 spiro atoms. The molecule has 0 bridgehead atoms. The summed E-state index contributed by atoms with van der Waals surface area (Å²) in [6.45, 7) is 7.50. The summed E-state index contributed by atoms with van der Waals surface area (Å²) in [4.78, 5) is 19.5. The number of aryl methyl sites for hydroxylation is 2. The Hall–Kier alpha value is -2.70. The van der Waals surface area contributed by atoms with Gasteiger partial charge in [-0.3, -0.25) is 4.79 Å². The molecule has 0 unspecified atom stereocenters. The number of aromatic nitrogens is 1. The van der Waals surface area contributed by atoms with E-state index >= 15 is 0 Å². The summed E-state index contributed by atoms with van der Waals surface area (Å²) in [7, 11) is 0. The number of benzene rings is 2. The van der Waals surface area contributed by atoms with Crippen LogP contribution in [0.4, 0.5) is 11.4 Å². The van der Waals surface area contributed by atoms with Gasteiger partial charge in [-0.15, -0.1) is 11.3 Å². The Balaban J connectivity index is 1.38. The van der Waals surface area contributed by atoms with Crippen molar-refractivity contribution in [1.82, 2.24) is 4.98 Å². The number of rotatable bonds is 6. The van der Waals surface area contributed by atoms with Crippen molar-refractivity contribution < 1.29 is 9.53 Å². The Morgan fingerprint density at radius 3 is 2.63 bits per heavy atom. The fourth-order valence-electron chi connectivity index (χ4n) is 3.57. The van der Waals surface area contributed by atoms with Gasteiger partial charge in [0.05, 0.1) is 25.3 Å². The summed E-state index contributed by atoms with van der Waals surface area (Å²) in [6.07, 6.45) is 1.30. The van der Waals surface area contributed by atoms with E-state index in [1.807, 2.05) is 18.4 Å². The smallest absolute Gasteiger partial charge is 0.230 e. The number of carbonyl (C=O) groups is 1. The van der Waals surface area contributed by atoms with Crippen LogP contribution in [0.3, 0.4) is 0 Å². The third-order valence-corrected chi connectivity index (χ3v) is 6.30. The Morgan fingerprint density at radius 1 is 1.17 bits per heavy atom. The van der Waals surface area contributed by atoms with E-state index in [-0.39, 0.29) is 12.3 Å². The highest BCUT2D eigenvalue weighted by atomic mass is 32.1. The first kappa shape index (κ1) is 20.6. The number of anilines is 2. The molecular formula is C24H27N3O2S. The number of morpholine rings is 1. The van der Waals surface area contributed by atoms with E-state index in [1.165, 1.54) is 11.3 Å². The van der Waals surface area contributed by atoms with Gasteiger partial charge in [0.1, 0.15) is 5.01 Å². The summed E-state index contributed by atoms with van der Waals surface area (Å²) >= 11 is 1.58. The quantitative estimate of drug-likeness (QED) is 0.627. The highest BCUT2D eigenvalue weighted by Gasteiger charge is 2.14. The lowest BCUT2D eigenvalue weighted by Gasteiger charge is -2.29. The molecule has 0 radical (unpaired) electrons. The molecule has 0 atom stereocenters. The van der Waals surface area contributed by atoms with Crippen molar-refractivity contribution in [2.45, 2.75) is 26.7 Å². The molecule has 1 N–H and O–H groups in total. The molecule has 2 heterocycles. The minimum absolute atomic E-state index is 0.0459. The van der Waals surface area contributed by atoms with Gasteiger partial charge in [-0.05, 0) is 42.7 Å². The van der Waals surface area contributed by atoms with Gasteiger partial charge >= 0.3 is 0 Å². The van der Waals surface area contributed by atoms with Gasteiger partial charge in [0, 0.05) is 35.4 Å². The SMILES string of the molecule is CCc1ccc(-c2nc(CC(=O)Nc3ccc(N4CCOCC4)cc3C)cs2)cc1. The second kappa shape index (κ2) is 9.41. The van der Waals surface area contributed by atoms with Crippen molar-refractivity contribution in [3.63, 3.8) is 0 Å². The van der Waals surface area contributed by atoms with Gasteiger partial charge in [0.15, 0.2) is 0 Å². The molecule has 0 saturated carbocycles. The van der Waals surface area contributed by atoms with Gasteiger partial charge in [-0.2, -0.15) is 0 Å². The second-order valence-corrected chi connectivity index (χ2v) is 8.38. The molecule has 1 aliphatic heterocycles. The number of amides is 1. The van der Waals surface area contributed by atoms with Crippen molar-refractivity contribution in [3.8, 4) is 10.6 Å². The highest BCUT2D eigenvalue weighted by Crippen LogP contribution is 2.26. The third-order valence-electron chi connectivity index (χ3n) is 5.36. The average molecular weight is 422 g/mol. The van der Waals surface area contributed by atoms with Crippen molar-refractivity contribution in [1.29, 1.82) is 0 Å². The highest BCUT2D eigenvalue weighted by molar-refractivity contribution is 7.13. The van der Waals surface area contributed by atoms with Crippen molar-refractivity contribution in [2.75, 3.05) is 36.5 Å². The summed E-state index contributed by atoms with van der Waals surface area (Å²) in [5, 5.41) is 5.96. The molecule has 5 nitrogen and oxygen atoms in total. The van der Waals surface area contributed by atoms with Gasteiger partial charge in [-0.25, -0.2) is 4.98 Å². The van der Waals surface area contributed by atoms with E-state index in [1.54, 1.807) is 11.3 Å². The van der Waals surface area contributed by atoms with E-state index in [9.17, 15) is 4.79 Å². The predicted octanol–water partition coefficient (Wildman–Crippen LogP) is 4.70. The molecule has 2 aromatic carbocycles. The normalized spacial score (nSPS) is 14.0. The van der Waals surface area contributed by atoms with Crippen LogP contribution in [0.25, 0.3) is 10.6 Å². The fourth-order valence-corrected chi connectivity index (χ4v) is 4.39. The molecule has 3 aromatic rings. The van der Waals surface area contributed by atoms with Crippen LogP contribution in [0.2, 0.25) is 0 Å². The molecule has 30 heavy (non-hydrogen) atoms. The average Bonchev–Trinajstić information content (AvgIpc) is 3.24. The molecule has 4 rings (SSSR count). The van der Waals surface area contributed by atoms with E-state index in [2.05, 4.69) is 58.5 Å². The van der Waals surface area contributed by atoms with E-state index < -0.39 is 0 Å². The lowest BCUT2D eigenvalue weighted by molar-refractivity contribution is -0.115. The van der Waals surface area contributed by atoms with Crippen LogP contribution < -0.4 is 10.2 Å². The van der Waals surface area contributed by atoms with Crippen LogP contribution in [0.15, 0.2) is 47.8 Å². The van der Waals surface area contributed by atoms with Crippen LogP contribution in [0.5, 0.6) is 0 Å². The van der Waals surface area contributed by atoms with Crippen LogP contribution in [0.1, 0.15) is 23.7 Å². The van der Waals surface area contributed by atoms with Crippen molar-refractivity contribution >= 4 is 28.6 Å². The monoisotopic (exact) mass is 421 g/mol. The number of thiazole rings is 1. The number of hydrogen-bond acceptors (Lipinski definition) is 5. The molecule has 0 aliphatic carbocycles. The maximum atomic E-state index is 12.6. The summed E-state index contributed by atoms with van der Waals surface area (Å²) in [5.74, 6) is -0.0459. The third kappa shape index (κ3) is 4.89. The van der Waals surface area contributed by atoms with Crippen molar-refractivity contribution in [2.24, 2.45) is 0 Å². The van der Waals surface area contributed by atoms with Gasteiger partial charge < -0.3 is 15.0 Å². The minimum Gasteiger partial charge on any atom is -0.378 e. The minimum atomic E-state index is -0.0459. The van der Waals surface area contributed by atoms with Crippen LogP contribution in [-0.4, -0.2) is 37.2 Å². The van der Waals surface area contributed by atoms with Crippen LogP contribution in [0, 0.1) is 6.92 Å². The first-order chi connectivity index (χ1) is 14.6. The van der Waals surface area contributed by atoms with E-state index in [0.29, 0.717) is 0 Å². The first-order valence-electron chi connectivity index (χ1n) is 10.4. The number of nitrogens with zero attached hydrogens (tertiary/aromatic N) is 2. The summed E-state index contributed by atoms with van der Waals surface area (Å²) in [6, 6.07) is 14.6. The molecule has 6 heteroatoms. The molecule has 1 amide bonds. The number of ether oxygens (including phenoxy) is 1. The molecule has 1 saturated heterocycles. The summed E-state index contributed by atoms with van der Waals surface area (Å²) < 4.78 is 5.42. The largest absolute Gasteiger partial charge is 0.378 e. The number of carbonyl (C=O) groups excluding carboxylic acids is 1. The van der Waals surface area contributed by atoms with E-state index in [0.717, 1.165) is 60.2 Å². The number of hydrogen-bond donors (Lipinski definition) is 1. The Bertz CT molecular complexity index is 1010. The zero-order valence-electron chi connectivity index (χ0n) is 17.5. The summed E-state index contributed by atoms with van der Waals surface area (Å²) in [5.41, 5.74) is 6.29. The Morgan fingerprint density at radius 2 is 1.93 bits per heavy atom. The standard InChI is InChI=1S/C24H27N3O2S/c1-3-18-4-6-19(7-5-18)24-25-20(16-30-24)15-23(28)26-22-9-8-21(14-17(22)2)27-10-12-29-13-11-27/h4-9,14,16H,3,10-13,15H2,1-2H3,(H,26,28). The zero-order chi connectivity index (χ0) is 20.9. The number of nitrogens with one attached hydrogen (secondary N) is 1. The Labute approximate surface area is 181 Å². The zero-order valence-corrected chi connectivity index (χ0v) is 18.3. The fraction of sp³-hybridized carbons (Fsp3) is 0.333. The lowest BCUT2D eigenvalue weighted by Crippen LogP contribution is -2.36. The molecule has 156 valence electrons. The van der Waals surface area contributed by atoms with Gasteiger partial charge in [0.25, 0.3) is 0 Å². The van der Waals surface area contributed by atoms with Crippen LogP contribution >= 0.6 is 11.3 Å². The molecule has 1 fully saturated rings.